The molecule has 5 heteroatoms. The number of nitrogens with zero attached hydrogens (tertiary/aromatic N) is 1. The number of carbonyl (C=O) groups is 2. The standard InChI is InChI=1S/C16H23N3O2/c1-9-6-11(7-17)8-19(9)16(21)15-10(2)14-12(18-15)4-3-5-13(14)20/h9,11,18H,3-8,17H2,1-2H3. The smallest absolute Gasteiger partial charge is 0.270 e. The van der Waals surface area contributed by atoms with Gasteiger partial charge in [-0.3, -0.25) is 9.59 Å². The van der Waals surface area contributed by atoms with E-state index < -0.39 is 0 Å². The number of hydrogen-bond donors (Lipinski definition) is 2. The van der Waals surface area contributed by atoms with Crippen LogP contribution in [-0.2, 0) is 6.42 Å². The van der Waals surface area contributed by atoms with Crippen molar-refractivity contribution in [2.45, 2.75) is 45.6 Å². The number of aryl methyl sites for hydroxylation is 1. The molecule has 3 N–H and O–H groups in total. The van der Waals surface area contributed by atoms with E-state index in [1.165, 1.54) is 0 Å². The maximum absolute atomic E-state index is 12.8. The Labute approximate surface area is 124 Å². The molecule has 1 aromatic heterocycles. The van der Waals surface area contributed by atoms with Crippen LogP contribution in [0.5, 0.6) is 0 Å². The molecule has 1 saturated heterocycles. The van der Waals surface area contributed by atoms with E-state index in [0.29, 0.717) is 31.1 Å². The SMILES string of the molecule is Cc1c(C(=O)N2CC(CN)CC2C)[nH]c2c1C(=O)CCC2. The summed E-state index contributed by atoms with van der Waals surface area (Å²) in [6.45, 7) is 5.28. The second-order valence-electron chi connectivity index (χ2n) is 6.40. The highest BCUT2D eigenvalue weighted by Gasteiger charge is 2.35. The van der Waals surface area contributed by atoms with Crippen LogP contribution in [-0.4, -0.2) is 40.7 Å². The number of amides is 1. The largest absolute Gasteiger partial charge is 0.354 e. The molecular weight excluding hydrogens is 266 g/mol. The third-order valence-corrected chi connectivity index (χ3v) is 4.91. The molecule has 1 amide bonds. The van der Waals surface area contributed by atoms with E-state index in [0.717, 1.165) is 36.1 Å². The molecule has 0 spiro atoms. The minimum atomic E-state index is 0.0122. The number of rotatable bonds is 2. The van der Waals surface area contributed by atoms with Crippen LogP contribution in [0.3, 0.4) is 0 Å². The third-order valence-electron chi connectivity index (χ3n) is 4.91. The summed E-state index contributed by atoms with van der Waals surface area (Å²) in [4.78, 5) is 30.0. The number of aromatic nitrogens is 1. The zero-order chi connectivity index (χ0) is 15.1. The highest BCUT2D eigenvalue weighted by molar-refractivity contribution is 6.04. The van der Waals surface area contributed by atoms with Crippen molar-refractivity contribution in [3.63, 3.8) is 0 Å². The second-order valence-corrected chi connectivity index (χ2v) is 6.40. The molecule has 1 aromatic rings. The normalized spacial score (nSPS) is 25.3. The number of H-pyrrole nitrogens is 1. The van der Waals surface area contributed by atoms with Gasteiger partial charge in [0.25, 0.3) is 5.91 Å². The van der Waals surface area contributed by atoms with Gasteiger partial charge in [-0.15, -0.1) is 0 Å². The lowest BCUT2D eigenvalue weighted by molar-refractivity contribution is 0.0737. The van der Waals surface area contributed by atoms with Crippen molar-refractivity contribution in [2.24, 2.45) is 11.7 Å². The van der Waals surface area contributed by atoms with Crippen LogP contribution >= 0.6 is 0 Å². The predicted octanol–water partition coefficient (Wildman–Crippen LogP) is 1.65. The molecule has 0 saturated carbocycles. The van der Waals surface area contributed by atoms with Gasteiger partial charge in [0.2, 0.25) is 0 Å². The number of carbonyl (C=O) groups excluding carboxylic acids is 2. The van der Waals surface area contributed by atoms with Crippen LogP contribution in [0.2, 0.25) is 0 Å². The number of hydrogen-bond acceptors (Lipinski definition) is 3. The Balaban J connectivity index is 1.91. The Morgan fingerprint density at radius 3 is 2.81 bits per heavy atom. The molecular formula is C16H23N3O2. The summed E-state index contributed by atoms with van der Waals surface area (Å²) in [5.41, 5.74) is 8.85. The zero-order valence-electron chi connectivity index (χ0n) is 12.7. The quantitative estimate of drug-likeness (QED) is 0.869. The van der Waals surface area contributed by atoms with E-state index in [9.17, 15) is 9.59 Å². The van der Waals surface area contributed by atoms with E-state index in [1.807, 2.05) is 11.8 Å². The van der Waals surface area contributed by atoms with E-state index in [4.69, 9.17) is 5.73 Å². The molecule has 0 aromatic carbocycles. The highest BCUT2D eigenvalue weighted by Crippen LogP contribution is 2.29. The summed E-state index contributed by atoms with van der Waals surface area (Å²) in [5.74, 6) is 0.562. The van der Waals surface area contributed by atoms with Crippen LogP contribution in [0.25, 0.3) is 0 Å². The van der Waals surface area contributed by atoms with Gasteiger partial charge in [-0.1, -0.05) is 0 Å². The van der Waals surface area contributed by atoms with Gasteiger partial charge in [-0.2, -0.15) is 0 Å². The fourth-order valence-corrected chi connectivity index (χ4v) is 3.73. The molecule has 21 heavy (non-hydrogen) atoms. The molecule has 2 atom stereocenters. The van der Waals surface area contributed by atoms with Gasteiger partial charge in [0.15, 0.2) is 5.78 Å². The Morgan fingerprint density at radius 1 is 1.43 bits per heavy atom. The van der Waals surface area contributed by atoms with Crippen molar-refractivity contribution < 1.29 is 9.59 Å². The maximum Gasteiger partial charge on any atom is 0.270 e. The number of ketones is 1. The molecule has 1 aliphatic heterocycles. The first-order valence-electron chi connectivity index (χ1n) is 7.78. The van der Waals surface area contributed by atoms with Gasteiger partial charge in [-0.05, 0) is 51.1 Å². The number of nitrogens with two attached hydrogens (primary N) is 1. The Bertz CT molecular complexity index is 591. The van der Waals surface area contributed by atoms with Crippen LogP contribution < -0.4 is 5.73 Å². The monoisotopic (exact) mass is 289 g/mol. The van der Waals surface area contributed by atoms with Gasteiger partial charge >= 0.3 is 0 Å². The van der Waals surface area contributed by atoms with E-state index >= 15 is 0 Å². The summed E-state index contributed by atoms with van der Waals surface area (Å²) in [6, 6.07) is 0.210. The average Bonchev–Trinajstić information content (AvgIpc) is 3.00. The molecule has 1 fully saturated rings. The topological polar surface area (TPSA) is 79.2 Å². The fourth-order valence-electron chi connectivity index (χ4n) is 3.73. The Kier molecular flexibility index (Phi) is 3.61. The molecule has 2 heterocycles. The van der Waals surface area contributed by atoms with Crippen LogP contribution in [0, 0.1) is 12.8 Å². The van der Waals surface area contributed by atoms with Gasteiger partial charge in [-0.25, -0.2) is 0 Å². The molecule has 3 rings (SSSR count). The number of likely N-dealkylation sites (tertiary alicyclic amines) is 1. The fraction of sp³-hybridized carbons (Fsp3) is 0.625. The second kappa shape index (κ2) is 5.30. The van der Waals surface area contributed by atoms with Gasteiger partial charge < -0.3 is 15.6 Å². The van der Waals surface area contributed by atoms with E-state index in [1.54, 1.807) is 0 Å². The predicted molar refractivity (Wildman–Crippen MR) is 80.5 cm³/mol. The van der Waals surface area contributed by atoms with Gasteiger partial charge in [0, 0.05) is 30.3 Å². The van der Waals surface area contributed by atoms with Crippen LogP contribution in [0.1, 0.15) is 58.3 Å². The average molecular weight is 289 g/mol. The van der Waals surface area contributed by atoms with E-state index in [-0.39, 0.29) is 17.7 Å². The lowest BCUT2D eigenvalue weighted by Gasteiger charge is -2.21. The van der Waals surface area contributed by atoms with Crippen molar-refractivity contribution in [1.82, 2.24) is 9.88 Å². The van der Waals surface area contributed by atoms with E-state index in [2.05, 4.69) is 11.9 Å². The van der Waals surface area contributed by atoms with Crippen molar-refractivity contribution in [2.75, 3.05) is 13.1 Å². The Morgan fingerprint density at radius 2 is 2.19 bits per heavy atom. The molecule has 5 nitrogen and oxygen atoms in total. The third kappa shape index (κ3) is 2.29. The van der Waals surface area contributed by atoms with Crippen molar-refractivity contribution in [1.29, 1.82) is 0 Å². The summed E-state index contributed by atoms with van der Waals surface area (Å²) in [6.07, 6.45) is 3.28. The molecule has 114 valence electrons. The summed E-state index contributed by atoms with van der Waals surface area (Å²) >= 11 is 0. The molecule has 1 aliphatic carbocycles. The molecule has 0 bridgehead atoms. The minimum absolute atomic E-state index is 0.0122. The van der Waals surface area contributed by atoms with Crippen molar-refractivity contribution in [3.05, 3.63) is 22.5 Å². The van der Waals surface area contributed by atoms with Crippen molar-refractivity contribution in [3.8, 4) is 0 Å². The first-order valence-corrected chi connectivity index (χ1v) is 7.78. The minimum Gasteiger partial charge on any atom is -0.354 e. The number of Topliss-reactive ketones (excluding diaryl/α,β-unsaturated/α-hetero) is 1. The molecule has 2 unspecified atom stereocenters. The lowest BCUT2D eigenvalue weighted by atomic mass is 9.94. The highest BCUT2D eigenvalue weighted by atomic mass is 16.2. The summed E-state index contributed by atoms with van der Waals surface area (Å²) in [7, 11) is 0. The number of nitrogens with one attached hydrogen (secondary N) is 1. The number of aromatic amines is 1. The van der Waals surface area contributed by atoms with Crippen molar-refractivity contribution >= 4 is 11.7 Å². The first kappa shape index (κ1) is 14.3. The van der Waals surface area contributed by atoms with Crippen LogP contribution in [0.4, 0.5) is 0 Å². The number of fused-ring (bicyclic) bond motifs is 1. The van der Waals surface area contributed by atoms with Crippen LogP contribution in [0.15, 0.2) is 0 Å². The maximum atomic E-state index is 12.8. The first-order chi connectivity index (χ1) is 10.0. The zero-order valence-corrected chi connectivity index (χ0v) is 12.7. The summed E-state index contributed by atoms with van der Waals surface area (Å²) < 4.78 is 0. The molecule has 0 radical (unpaired) electrons. The summed E-state index contributed by atoms with van der Waals surface area (Å²) in [5, 5.41) is 0. The lowest BCUT2D eigenvalue weighted by Crippen LogP contribution is -2.35. The van der Waals surface area contributed by atoms with Gasteiger partial charge in [0.1, 0.15) is 5.69 Å². The van der Waals surface area contributed by atoms with Gasteiger partial charge in [0.05, 0.1) is 0 Å². The molecule has 2 aliphatic rings. The Hall–Kier alpha value is -1.62.